The second-order valence-corrected chi connectivity index (χ2v) is 14.1. The summed E-state index contributed by atoms with van der Waals surface area (Å²) in [4.78, 5) is 36.0. The zero-order valence-electron chi connectivity index (χ0n) is 31.6. The predicted octanol–water partition coefficient (Wildman–Crippen LogP) is 11.1. The molecule has 2 unspecified atom stereocenters. The summed E-state index contributed by atoms with van der Waals surface area (Å²) in [5.74, 6) is -1.33. The van der Waals surface area contributed by atoms with Crippen LogP contribution in [0.1, 0.15) is 213 Å². The van der Waals surface area contributed by atoms with Crippen molar-refractivity contribution >= 4 is 17.8 Å². The molecular weight excluding hydrogens is 600 g/mol. The van der Waals surface area contributed by atoms with Crippen LogP contribution in [-0.2, 0) is 19.1 Å². The third-order valence-electron chi connectivity index (χ3n) is 9.30. The molecule has 0 saturated carbocycles. The van der Waals surface area contributed by atoms with Crippen molar-refractivity contribution in [3.05, 3.63) is 12.2 Å². The Labute approximate surface area is 296 Å². The van der Waals surface area contributed by atoms with Gasteiger partial charge in [0.25, 0.3) is 0 Å². The number of nitrogens with one attached hydrogen (secondary N) is 1. The largest absolute Gasteiger partial charge is 0.480 e. The van der Waals surface area contributed by atoms with Crippen LogP contribution in [0.5, 0.6) is 0 Å². The van der Waals surface area contributed by atoms with Gasteiger partial charge in [0.15, 0.2) is 0 Å². The molecule has 0 aromatic rings. The van der Waals surface area contributed by atoms with Crippen molar-refractivity contribution in [3.8, 4) is 0 Å². The van der Waals surface area contributed by atoms with E-state index in [1.807, 2.05) is 6.08 Å². The average molecular weight is 679 g/mol. The SMILES string of the molecule is CCC/C=C\C(CCCCCCC(=O)NC(CCCN)C(=O)O)OC(=O)CCCCCCCCCCCCCCCCCCCCCC. The number of aliphatic carboxylic acids is 1. The number of carbonyl (C=O) groups excluding carboxylic acids is 2. The minimum absolute atomic E-state index is 0.0946. The zero-order chi connectivity index (χ0) is 35.3. The monoisotopic (exact) mass is 679 g/mol. The van der Waals surface area contributed by atoms with Crippen molar-refractivity contribution in [2.24, 2.45) is 5.73 Å². The van der Waals surface area contributed by atoms with Crippen LogP contribution >= 0.6 is 0 Å². The summed E-state index contributed by atoms with van der Waals surface area (Å²) in [6, 6.07) is -0.866. The summed E-state index contributed by atoms with van der Waals surface area (Å²) in [7, 11) is 0. The first kappa shape index (κ1) is 46.1. The van der Waals surface area contributed by atoms with Crippen molar-refractivity contribution in [1.82, 2.24) is 5.32 Å². The second kappa shape index (κ2) is 36.4. The lowest BCUT2D eigenvalue weighted by Crippen LogP contribution is -2.40. The molecule has 0 aliphatic carbocycles. The Kier molecular flexibility index (Phi) is 35.0. The molecule has 7 nitrogen and oxygen atoms in total. The van der Waals surface area contributed by atoms with Crippen molar-refractivity contribution in [3.63, 3.8) is 0 Å². The number of nitrogens with two attached hydrogens (primary N) is 1. The van der Waals surface area contributed by atoms with Gasteiger partial charge in [-0.3, -0.25) is 9.59 Å². The molecule has 0 aromatic heterocycles. The topological polar surface area (TPSA) is 119 Å². The Morgan fingerprint density at radius 1 is 0.604 bits per heavy atom. The fraction of sp³-hybridized carbons (Fsp3) is 0.878. The molecule has 4 N–H and O–H groups in total. The standard InChI is InChI=1S/C41H78N2O5/c1-3-5-7-8-9-10-11-12-13-14-15-16-17-18-19-20-21-22-23-29-35-40(45)48-37(31-26-6-4-2)32-27-24-25-28-34-39(44)43-38(41(46)47)33-30-36-42/h26,31,37-38H,3-25,27-30,32-36,42H2,1-2H3,(H,43,44)(H,46,47)/b31-26-. The summed E-state index contributed by atoms with van der Waals surface area (Å²) in [5.41, 5.74) is 5.46. The fourth-order valence-electron chi connectivity index (χ4n) is 6.19. The molecule has 1 amide bonds. The molecule has 0 fully saturated rings. The smallest absolute Gasteiger partial charge is 0.326 e. The minimum atomic E-state index is -1.01. The van der Waals surface area contributed by atoms with Crippen LogP contribution in [0, 0.1) is 0 Å². The molecule has 0 saturated heterocycles. The molecule has 0 aliphatic rings. The lowest BCUT2D eigenvalue weighted by atomic mass is 10.0. The predicted molar refractivity (Wildman–Crippen MR) is 202 cm³/mol. The van der Waals surface area contributed by atoms with Gasteiger partial charge in [0.05, 0.1) is 0 Å². The van der Waals surface area contributed by atoms with Crippen LogP contribution in [0.4, 0.5) is 0 Å². The Bertz CT molecular complexity index is 772. The number of carboxylic acid groups (broad SMARTS) is 1. The number of rotatable bonds is 37. The highest BCUT2D eigenvalue weighted by atomic mass is 16.5. The molecule has 0 spiro atoms. The van der Waals surface area contributed by atoms with Crippen LogP contribution < -0.4 is 11.1 Å². The fourth-order valence-corrected chi connectivity index (χ4v) is 6.19. The number of unbranched alkanes of at least 4 members (excludes halogenated alkanes) is 23. The van der Waals surface area contributed by atoms with E-state index < -0.39 is 12.0 Å². The third-order valence-corrected chi connectivity index (χ3v) is 9.30. The van der Waals surface area contributed by atoms with Gasteiger partial charge in [0.1, 0.15) is 12.1 Å². The van der Waals surface area contributed by atoms with E-state index in [2.05, 4.69) is 25.2 Å². The molecule has 0 aromatic carbocycles. The lowest BCUT2D eigenvalue weighted by molar-refractivity contribution is -0.147. The summed E-state index contributed by atoms with van der Waals surface area (Å²) in [6.45, 7) is 4.83. The highest BCUT2D eigenvalue weighted by Gasteiger charge is 2.19. The Balaban J connectivity index is 3.83. The van der Waals surface area contributed by atoms with E-state index in [0.717, 1.165) is 51.4 Å². The van der Waals surface area contributed by atoms with Gasteiger partial charge in [-0.25, -0.2) is 4.79 Å². The zero-order valence-corrected chi connectivity index (χ0v) is 31.6. The molecule has 0 rings (SSSR count). The molecule has 7 heteroatoms. The molecule has 282 valence electrons. The van der Waals surface area contributed by atoms with Gasteiger partial charge in [-0.05, 0) is 57.6 Å². The molecular formula is C41H78N2O5. The van der Waals surface area contributed by atoms with Crippen LogP contribution in [0.3, 0.4) is 0 Å². The van der Waals surface area contributed by atoms with E-state index in [4.69, 9.17) is 10.5 Å². The number of ether oxygens (including phenoxy) is 1. The third kappa shape index (κ3) is 32.6. The maximum absolute atomic E-state index is 12.5. The number of hydrogen-bond donors (Lipinski definition) is 3. The molecule has 48 heavy (non-hydrogen) atoms. The van der Waals surface area contributed by atoms with E-state index in [-0.39, 0.29) is 18.0 Å². The first-order chi connectivity index (χ1) is 23.4. The van der Waals surface area contributed by atoms with Gasteiger partial charge in [-0.15, -0.1) is 0 Å². The van der Waals surface area contributed by atoms with Gasteiger partial charge in [-0.2, -0.15) is 0 Å². The van der Waals surface area contributed by atoms with Gasteiger partial charge in [0.2, 0.25) is 5.91 Å². The van der Waals surface area contributed by atoms with Gasteiger partial charge >= 0.3 is 11.9 Å². The van der Waals surface area contributed by atoms with E-state index >= 15 is 0 Å². The molecule has 0 heterocycles. The van der Waals surface area contributed by atoms with Crippen molar-refractivity contribution < 1.29 is 24.2 Å². The second-order valence-electron chi connectivity index (χ2n) is 14.1. The average Bonchev–Trinajstić information content (AvgIpc) is 3.07. The summed E-state index contributed by atoms with van der Waals surface area (Å²) in [5, 5.41) is 11.9. The number of hydrogen-bond acceptors (Lipinski definition) is 5. The Morgan fingerprint density at radius 3 is 1.52 bits per heavy atom. The quantitative estimate of drug-likeness (QED) is 0.0342. The van der Waals surface area contributed by atoms with E-state index in [1.54, 1.807) is 0 Å². The molecule has 0 radical (unpaired) electrons. The number of allylic oxidation sites excluding steroid dienone is 1. The molecule has 0 aliphatic heterocycles. The number of carboxylic acids is 1. The van der Waals surface area contributed by atoms with Crippen LogP contribution in [0.25, 0.3) is 0 Å². The van der Waals surface area contributed by atoms with Crippen LogP contribution in [0.15, 0.2) is 12.2 Å². The van der Waals surface area contributed by atoms with Crippen LogP contribution in [-0.4, -0.2) is 41.6 Å². The van der Waals surface area contributed by atoms with Crippen molar-refractivity contribution in [2.45, 2.75) is 225 Å². The summed E-state index contributed by atoms with van der Waals surface area (Å²) >= 11 is 0. The maximum atomic E-state index is 12.5. The highest BCUT2D eigenvalue weighted by Crippen LogP contribution is 2.16. The minimum Gasteiger partial charge on any atom is -0.480 e. The van der Waals surface area contributed by atoms with Gasteiger partial charge < -0.3 is 20.9 Å². The summed E-state index contributed by atoms with van der Waals surface area (Å²) < 4.78 is 5.83. The number of amides is 1. The van der Waals surface area contributed by atoms with E-state index in [9.17, 15) is 19.5 Å². The van der Waals surface area contributed by atoms with E-state index in [0.29, 0.717) is 38.6 Å². The molecule has 0 bridgehead atoms. The van der Waals surface area contributed by atoms with Gasteiger partial charge in [-0.1, -0.05) is 161 Å². The lowest BCUT2D eigenvalue weighted by Gasteiger charge is -2.15. The van der Waals surface area contributed by atoms with Crippen molar-refractivity contribution in [1.29, 1.82) is 0 Å². The normalized spacial score (nSPS) is 12.7. The highest BCUT2D eigenvalue weighted by molar-refractivity contribution is 5.83. The Hall–Kier alpha value is -1.89. The number of carbonyl (C=O) groups is 3. The van der Waals surface area contributed by atoms with Crippen LogP contribution in [0.2, 0.25) is 0 Å². The molecule has 2 atom stereocenters. The first-order valence-electron chi connectivity index (χ1n) is 20.5. The summed E-state index contributed by atoms with van der Waals surface area (Å²) in [6.07, 6.45) is 38.9. The maximum Gasteiger partial charge on any atom is 0.326 e. The van der Waals surface area contributed by atoms with E-state index in [1.165, 1.54) is 116 Å². The van der Waals surface area contributed by atoms with Crippen molar-refractivity contribution in [2.75, 3.05) is 6.54 Å². The first-order valence-corrected chi connectivity index (χ1v) is 20.5. The Morgan fingerprint density at radius 2 is 1.06 bits per heavy atom. The number of esters is 1. The van der Waals surface area contributed by atoms with Gasteiger partial charge in [0, 0.05) is 12.8 Å².